The van der Waals surface area contributed by atoms with E-state index in [-0.39, 0.29) is 39.2 Å². The van der Waals surface area contributed by atoms with Gasteiger partial charge in [-0.05, 0) is 12.1 Å². The summed E-state index contributed by atoms with van der Waals surface area (Å²) >= 11 is 11.6. The molecule has 2 N–H and O–H groups in total. The zero-order valence-electron chi connectivity index (χ0n) is 10.5. The predicted octanol–water partition coefficient (Wildman–Crippen LogP) is 4.39. The van der Waals surface area contributed by atoms with Gasteiger partial charge in [0, 0.05) is 18.2 Å². The van der Waals surface area contributed by atoms with Crippen molar-refractivity contribution in [2.75, 3.05) is 0 Å². The molecule has 0 bridgehead atoms. The first-order valence-corrected chi connectivity index (χ1v) is 6.47. The van der Waals surface area contributed by atoms with Gasteiger partial charge in [-0.25, -0.2) is 8.78 Å². The minimum absolute atomic E-state index is 0.0154. The van der Waals surface area contributed by atoms with Gasteiger partial charge in [-0.2, -0.15) is 5.26 Å². The van der Waals surface area contributed by atoms with Crippen molar-refractivity contribution in [1.29, 1.82) is 5.26 Å². The van der Waals surface area contributed by atoms with Gasteiger partial charge < -0.3 is 10.5 Å². The number of benzene rings is 2. The topological polar surface area (TPSA) is 59.0 Å². The third kappa shape index (κ3) is 3.08. The number of nitriles is 1. The number of nitrogens with two attached hydrogens (primary N) is 1. The molecule has 0 aliphatic heterocycles. The van der Waals surface area contributed by atoms with Crippen LogP contribution >= 0.6 is 23.2 Å². The van der Waals surface area contributed by atoms with Crippen molar-refractivity contribution in [1.82, 2.24) is 0 Å². The summed E-state index contributed by atoms with van der Waals surface area (Å²) in [4.78, 5) is 0. The molecule has 0 radical (unpaired) electrons. The summed E-state index contributed by atoms with van der Waals surface area (Å²) in [5.74, 6) is -2.14. The molecule has 2 aromatic rings. The van der Waals surface area contributed by atoms with Crippen LogP contribution in [0.25, 0.3) is 0 Å². The molecule has 0 saturated heterocycles. The molecular weight excluding hydrogens is 321 g/mol. The van der Waals surface area contributed by atoms with Crippen molar-refractivity contribution in [3.05, 3.63) is 57.1 Å². The van der Waals surface area contributed by atoms with Gasteiger partial charge in [-0.15, -0.1) is 0 Å². The first-order valence-electron chi connectivity index (χ1n) is 5.71. The molecule has 0 aliphatic rings. The summed E-state index contributed by atoms with van der Waals surface area (Å²) in [6.07, 6.45) is 0. The maximum atomic E-state index is 14.1. The molecule has 0 amide bonds. The Morgan fingerprint density at radius 2 is 1.95 bits per heavy atom. The maximum Gasteiger partial charge on any atom is 0.182 e. The van der Waals surface area contributed by atoms with Crippen LogP contribution in [-0.2, 0) is 6.54 Å². The summed E-state index contributed by atoms with van der Waals surface area (Å²) in [5.41, 5.74) is 5.56. The molecule has 0 saturated carbocycles. The molecule has 0 heterocycles. The SMILES string of the molecule is N#Cc1cc(F)c(Cl)c(Oc2c(Cl)ccc(CN)c2F)c1. The largest absolute Gasteiger partial charge is 0.451 e. The van der Waals surface area contributed by atoms with Crippen LogP contribution < -0.4 is 10.5 Å². The lowest BCUT2D eigenvalue weighted by Crippen LogP contribution is -2.02. The first-order chi connectivity index (χ1) is 9.97. The molecule has 3 nitrogen and oxygen atoms in total. The zero-order chi connectivity index (χ0) is 15.6. The summed E-state index contributed by atoms with van der Waals surface area (Å²) in [6, 6.07) is 6.70. The molecule has 0 unspecified atom stereocenters. The highest BCUT2D eigenvalue weighted by atomic mass is 35.5. The van der Waals surface area contributed by atoms with Crippen molar-refractivity contribution in [2.24, 2.45) is 5.73 Å². The Kier molecular flexibility index (Phi) is 4.63. The van der Waals surface area contributed by atoms with Crippen molar-refractivity contribution < 1.29 is 13.5 Å². The van der Waals surface area contributed by atoms with Crippen LogP contribution in [0.1, 0.15) is 11.1 Å². The Hall–Kier alpha value is -1.87. The molecule has 0 fully saturated rings. The van der Waals surface area contributed by atoms with Crippen molar-refractivity contribution >= 4 is 23.2 Å². The molecule has 0 aromatic heterocycles. The number of nitrogens with zero attached hydrogens (tertiary/aromatic N) is 1. The van der Waals surface area contributed by atoms with E-state index in [0.29, 0.717) is 0 Å². The fourth-order valence-electron chi connectivity index (χ4n) is 1.64. The van der Waals surface area contributed by atoms with Crippen molar-refractivity contribution in [2.45, 2.75) is 6.54 Å². The van der Waals surface area contributed by atoms with Crippen LogP contribution in [0.5, 0.6) is 11.5 Å². The van der Waals surface area contributed by atoms with E-state index in [4.69, 9.17) is 38.9 Å². The van der Waals surface area contributed by atoms with E-state index < -0.39 is 11.6 Å². The van der Waals surface area contributed by atoms with Crippen LogP contribution in [0.15, 0.2) is 24.3 Å². The number of ether oxygens (including phenoxy) is 1. The third-order valence-electron chi connectivity index (χ3n) is 2.68. The second kappa shape index (κ2) is 6.27. The minimum Gasteiger partial charge on any atom is -0.451 e. The maximum absolute atomic E-state index is 14.1. The molecule has 108 valence electrons. The van der Waals surface area contributed by atoms with Gasteiger partial charge in [-0.3, -0.25) is 0 Å². The highest BCUT2D eigenvalue weighted by Gasteiger charge is 2.17. The fraction of sp³-hybridized carbons (Fsp3) is 0.0714. The van der Waals surface area contributed by atoms with Gasteiger partial charge in [0.2, 0.25) is 0 Å². The first kappa shape index (κ1) is 15.5. The highest BCUT2D eigenvalue weighted by Crippen LogP contribution is 2.38. The zero-order valence-corrected chi connectivity index (χ0v) is 12.0. The van der Waals surface area contributed by atoms with E-state index in [2.05, 4.69) is 0 Å². The Balaban J connectivity index is 2.53. The van der Waals surface area contributed by atoms with E-state index in [1.807, 2.05) is 0 Å². The molecule has 0 spiro atoms. The Morgan fingerprint density at radius 3 is 2.57 bits per heavy atom. The molecule has 0 atom stereocenters. The van der Waals surface area contributed by atoms with E-state index in [1.165, 1.54) is 18.2 Å². The molecule has 0 aliphatic carbocycles. The molecule has 2 rings (SSSR count). The van der Waals surface area contributed by atoms with Crippen LogP contribution in [0.2, 0.25) is 10.0 Å². The number of hydrogen-bond acceptors (Lipinski definition) is 3. The smallest absolute Gasteiger partial charge is 0.182 e. The number of halogens is 4. The van der Waals surface area contributed by atoms with Crippen LogP contribution in [0.4, 0.5) is 8.78 Å². The Morgan fingerprint density at radius 1 is 1.24 bits per heavy atom. The second-order valence-corrected chi connectivity index (χ2v) is 4.82. The molecular formula is C14H8Cl2F2N2O. The quantitative estimate of drug-likeness (QED) is 0.908. The van der Waals surface area contributed by atoms with Crippen LogP contribution in [0.3, 0.4) is 0 Å². The fourth-order valence-corrected chi connectivity index (χ4v) is 1.97. The predicted molar refractivity (Wildman–Crippen MR) is 75.5 cm³/mol. The van der Waals surface area contributed by atoms with Crippen LogP contribution in [0, 0.1) is 23.0 Å². The third-order valence-corrected chi connectivity index (χ3v) is 3.35. The van der Waals surface area contributed by atoms with Gasteiger partial charge in [-0.1, -0.05) is 29.3 Å². The van der Waals surface area contributed by atoms with E-state index >= 15 is 0 Å². The van der Waals surface area contributed by atoms with Gasteiger partial charge >= 0.3 is 0 Å². The monoisotopic (exact) mass is 328 g/mol. The summed E-state index contributed by atoms with van der Waals surface area (Å²) in [7, 11) is 0. The lowest BCUT2D eigenvalue weighted by atomic mass is 10.2. The second-order valence-electron chi connectivity index (χ2n) is 4.04. The number of hydrogen-bond donors (Lipinski definition) is 1. The average molecular weight is 329 g/mol. The normalized spacial score (nSPS) is 10.3. The summed E-state index contributed by atoms with van der Waals surface area (Å²) in [6.45, 7) is -0.0559. The van der Waals surface area contributed by atoms with Gasteiger partial charge in [0.1, 0.15) is 10.8 Å². The van der Waals surface area contributed by atoms with Crippen LogP contribution in [-0.4, -0.2) is 0 Å². The van der Waals surface area contributed by atoms with Gasteiger partial charge in [0.15, 0.2) is 17.3 Å². The number of rotatable bonds is 3. The lowest BCUT2D eigenvalue weighted by Gasteiger charge is -2.12. The molecule has 2 aromatic carbocycles. The molecule has 21 heavy (non-hydrogen) atoms. The van der Waals surface area contributed by atoms with Crippen molar-refractivity contribution in [3.8, 4) is 17.6 Å². The minimum atomic E-state index is -0.850. The summed E-state index contributed by atoms with van der Waals surface area (Å²) < 4.78 is 33.0. The van der Waals surface area contributed by atoms with Crippen molar-refractivity contribution in [3.63, 3.8) is 0 Å². The van der Waals surface area contributed by atoms with E-state index in [1.54, 1.807) is 6.07 Å². The summed E-state index contributed by atoms with van der Waals surface area (Å²) in [5, 5.41) is 8.41. The van der Waals surface area contributed by atoms with Gasteiger partial charge in [0.05, 0.1) is 16.7 Å². The standard InChI is InChI=1S/C14H8Cl2F2N2O/c15-9-2-1-8(6-20)13(18)14(9)21-11-4-7(5-19)3-10(17)12(11)16/h1-4H,6,20H2. The highest BCUT2D eigenvalue weighted by molar-refractivity contribution is 6.33. The van der Waals surface area contributed by atoms with Gasteiger partial charge in [0.25, 0.3) is 0 Å². The average Bonchev–Trinajstić information content (AvgIpc) is 2.47. The lowest BCUT2D eigenvalue weighted by molar-refractivity contribution is 0.435. The van der Waals surface area contributed by atoms with E-state index in [0.717, 1.165) is 6.07 Å². The van der Waals surface area contributed by atoms with E-state index in [9.17, 15) is 8.78 Å². The Labute approximate surface area is 129 Å². The molecule has 7 heteroatoms. The Bertz CT molecular complexity index is 745.